The molecule has 9 nitrogen and oxygen atoms in total. The van der Waals surface area contributed by atoms with Gasteiger partial charge in [0.1, 0.15) is 22.5 Å². The SMILES string of the molecule is COC(=O)C(CN1CCN(C2=C3CC(C)SC3=Nc3ccccc3N2)CC1)NCC(=O)OC(C)(C)C. The summed E-state index contributed by atoms with van der Waals surface area (Å²) >= 11 is 1.84. The molecule has 196 valence electrons. The number of fused-ring (bicyclic) bond motifs is 2. The van der Waals surface area contributed by atoms with Gasteiger partial charge in [-0.2, -0.15) is 0 Å². The lowest BCUT2D eigenvalue weighted by Crippen LogP contribution is -2.54. The van der Waals surface area contributed by atoms with Gasteiger partial charge >= 0.3 is 11.9 Å². The Morgan fingerprint density at radius 2 is 1.94 bits per heavy atom. The fourth-order valence-corrected chi connectivity index (χ4v) is 5.69. The third-order valence-electron chi connectivity index (χ3n) is 6.26. The molecule has 0 saturated carbocycles. The monoisotopic (exact) mass is 515 g/mol. The van der Waals surface area contributed by atoms with E-state index in [1.54, 1.807) is 0 Å². The predicted molar refractivity (Wildman–Crippen MR) is 144 cm³/mol. The van der Waals surface area contributed by atoms with Gasteiger partial charge in [-0.05, 0) is 39.3 Å². The molecule has 0 radical (unpaired) electrons. The van der Waals surface area contributed by atoms with Gasteiger partial charge < -0.3 is 19.7 Å². The Morgan fingerprint density at radius 1 is 1.22 bits per heavy atom. The molecule has 4 rings (SSSR count). The topological polar surface area (TPSA) is 95.5 Å². The standard InChI is InChI=1S/C26H37N5O4S/c1-17-14-18-23(28-19-8-6-7-9-20(19)29-24(18)36-17)31-12-10-30(11-13-31)16-21(25(33)34-5)27-15-22(32)35-26(2,3)4/h6-9,17,21,27-28H,10-16H2,1-5H3. The molecule has 0 aliphatic carbocycles. The highest BCUT2D eigenvalue weighted by Gasteiger charge is 2.33. The van der Waals surface area contributed by atoms with Crippen LogP contribution in [0.25, 0.3) is 0 Å². The fraction of sp³-hybridized carbons (Fsp3) is 0.577. The first kappa shape index (κ1) is 26.5. The van der Waals surface area contributed by atoms with Crippen molar-refractivity contribution >= 4 is 40.1 Å². The number of carbonyl (C=O) groups excluding carboxylic acids is 2. The number of para-hydroxylation sites is 2. The number of esters is 2. The second kappa shape index (κ2) is 11.2. The van der Waals surface area contributed by atoms with Gasteiger partial charge in [0.15, 0.2) is 0 Å². The van der Waals surface area contributed by atoms with Crippen molar-refractivity contribution < 1.29 is 19.1 Å². The normalized spacial score (nSPS) is 21.1. The van der Waals surface area contributed by atoms with Gasteiger partial charge in [-0.1, -0.05) is 19.1 Å². The Balaban J connectivity index is 1.39. The molecule has 36 heavy (non-hydrogen) atoms. The van der Waals surface area contributed by atoms with Crippen molar-refractivity contribution in [3.8, 4) is 0 Å². The Morgan fingerprint density at radius 3 is 2.64 bits per heavy atom. The number of nitrogens with zero attached hydrogens (tertiary/aromatic N) is 3. The van der Waals surface area contributed by atoms with E-state index >= 15 is 0 Å². The molecule has 0 bridgehead atoms. The number of rotatable bonds is 7. The molecule has 3 aliphatic heterocycles. The summed E-state index contributed by atoms with van der Waals surface area (Å²) in [5, 5.41) is 8.31. The van der Waals surface area contributed by atoms with Crippen molar-refractivity contribution in [2.75, 3.05) is 51.7 Å². The summed E-state index contributed by atoms with van der Waals surface area (Å²) in [6, 6.07) is 7.56. The van der Waals surface area contributed by atoms with Crippen molar-refractivity contribution in [3.63, 3.8) is 0 Å². The minimum Gasteiger partial charge on any atom is -0.468 e. The lowest BCUT2D eigenvalue weighted by Gasteiger charge is -2.39. The number of benzene rings is 1. The first-order valence-corrected chi connectivity index (χ1v) is 13.4. The van der Waals surface area contributed by atoms with Crippen LogP contribution in [0.5, 0.6) is 0 Å². The highest BCUT2D eigenvalue weighted by Crippen LogP contribution is 2.42. The van der Waals surface area contributed by atoms with Crippen LogP contribution in [-0.4, -0.2) is 90.1 Å². The number of aliphatic imine (C=N–C) groups is 1. The molecule has 0 aromatic heterocycles. The highest BCUT2D eigenvalue weighted by atomic mass is 32.2. The molecule has 2 atom stereocenters. The van der Waals surface area contributed by atoms with Crippen molar-refractivity contribution in [2.45, 2.75) is 51.0 Å². The summed E-state index contributed by atoms with van der Waals surface area (Å²) in [6.45, 7) is 11.3. The number of ether oxygens (including phenoxy) is 2. The van der Waals surface area contributed by atoms with Crippen LogP contribution in [0.2, 0.25) is 0 Å². The number of carbonyl (C=O) groups is 2. The molecular weight excluding hydrogens is 478 g/mol. The van der Waals surface area contributed by atoms with E-state index in [2.05, 4.69) is 39.5 Å². The zero-order valence-corrected chi connectivity index (χ0v) is 22.6. The van der Waals surface area contributed by atoms with E-state index in [1.165, 1.54) is 12.7 Å². The van der Waals surface area contributed by atoms with E-state index in [9.17, 15) is 9.59 Å². The van der Waals surface area contributed by atoms with E-state index in [1.807, 2.05) is 44.7 Å². The van der Waals surface area contributed by atoms with Gasteiger partial charge in [0.2, 0.25) is 0 Å². The molecule has 1 aromatic carbocycles. The van der Waals surface area contributed by atoms with Crippen LogP contribution < -0.4 is 10.6 Å². The Hall–Kier alpha value is -2.56. The number of hydrogen-bond acceptors (Lipinski definition) is 10. The first-order valence-electron chi connectivity index (χ1n) is 12.5. The van der Waals surface area contributed by atoms with Crippen molar-refractivity contribution in [1.29, 1.82) is 0 Å². The average molecular weight is 516 g/mol. The van der Waals surface area contributed by atoms with Gasteiger partial charge in [0, 0.05) is 43.5 Å². The maximum Gasteiger partial charge on any atom is 0.324 e. The highest BCUT2D eigenvalue weighted by molar-refractivity contribution is 8.15. The second-order valence-electron chi connectivity index (χ2n) is 10.3. The maximum absolute atomic E-state index is 12.4. The summed E-state index contributed by atoms with van der Waals surface area (Å²) in [6.07, 6.45) is 0.985. The lowest BCUT2D eigenvalue weighted by atomic mass is 10.1. The van der Waals surface area contributed by atoms with Crippen molar-refractivity contribution in [2.24, 2.45) is 4.99 Å². The van der Waals surface area contributed by atoms with Crippen LogP contribution in [0.4, 0.5) is 11.4 Å². The van der Waals surface area contributed by atoms with E-state index in [4.69, 9.17) is 14.5 Å². The molecule has 1 aromatic rings. The smallest absolute Gasteiger partial charge is 0.324 e. The van der Waals surface area contributed by atoms with Crippen molar-refractivity contribution in [1.82, 2.24) is 15.1 Å². The van der Waals surface area contributed by atoms with Gasteiger partial charge in [-0.25, -0.2) is 4.99 Å². The first-order chi connectivity index (χ1) is 17.1. The quantitative estimate of drug-likeness (QED) is 0.532. The maximum atomic E-state index is 12.4. The van der Waals surface area contributed by atoms with Gasteiger partial charge in [0.25, 0.3) is 0 Å². The summed E-state index contributed by atoms with van der Waals surface area (Å²) in [5.74, 6) is 0.365. The summed E-state index contributed by atoms with van der Waals surface area (Å²) in [7, 11) is 1.37. The third kappa shape index (κ3) is 6.60. The molecule has 10 heteroatoms. The molecular formula is C26H37N5O4S. The molecule has 0 spiro atoms. The van der Waals surface area contributed by atoms with Crippen molar-refractivity contribution in [3.05, 3.63) is 35.7 Å². The van der Waals surface area contributed by atoms with E-state index in [0.29, 0.717) is 11.8 Å². The molecule has 2 N–H and O–H groups in total. The number of nitrogens with one attached hydrogen (secondary N) is 2. The van der Waals surface area contributed by atoms with Crippen LogP contribution in [0.3, 0.4) is 0 Å². The predicted octanol–water partition coefficient (Wildman–Crippen LogP) is 2.97. The Labute approximate surface area is 217 Å². The number of piperazine rings is 1. The summed E-state index contributed by atoms with van der Waals surface area (Å²) in [4.78, 5) is 34.1. The van der Waals surface area contributed by atoms with Crippen LogP contribution in [0.15, 0.2) is 40.7 Å². The van der Waals surface area contributed by atoms with E-state index in [0.717, 1.165) is 54.8 Å². The van der Waals surface area contributed by atoms with E-state index in [-0.39, 0.29) is 12.5 Å². The van der Waals surface area contributed by atoms with Gasteiger partial charge in [-0.15, -0.1) is 11.8 Å². The van der Waals surface area contributed by atoms with Crippen LogP contribution >= 0.6 is 11.8 Å². The zero-order valence-electron chi connectivity index (χ0n) is 21.8. The zero-order chi connectivity index (χ0) is 25.9. The number of anilines is 1. The third-order valence-corrected chi connectivity index (χ3v) is 7.39. The Kier molecular flexibility index (Phi) is 8.27. The summed E-state index contributed by atoms with van der Waals surface area (Å²) in [5.41, 5.74) is 2.70. The minimum atomic E-state index is -0.607. The fourth-order valence-electron chi connectivity index (χ4n) is 4.59. The largest absolute Gasteiger partial charge is 0.468 e. The van der Waals surface area contributed by atoms with Gasteiger partial charge in [-0.3, -0.25) is 19.8 Å². The summed E-state index contributed by atoms with van der Waals surface area (Å²) < 4.78 is 10.3. The van der Waals surface area contributed by atoms with Gasteiger partial charge in [0.05, 0.1) is 25.0 Å². The van der Waals surface area contributed by atoms with Crippen LogP contribution in [-0.2, 0) is 19.1 Å². The molecule has 2 saturated heterocycles. The molecule has 2 unspecified atom stereocenters. The second-order valence-corrected chi connectivity index (χ2v) is 11.8. The Bertz CT molecular complexity index is 1040. The minimum absolute atomic E-state index is 0.0471. The number of thioether (sulfide) groups is 1. The lowest BCUT2D eigenvalue weighted by molar-refractivity contribution is -0.154. The molecule has 3 aliphatic rings. The molecule has 3 heterocycles. The van der Waals surface area contributed by atoms with Crippen LogP contribution in [0, 0.1) is 0 Å². The molecule has 2 fully saturated rings. The van der Waals surface area contributed by atoms with Crippen LogP contribution in [0.1, 0.15) is 34.1 Å². The number of methoxy groups -OCH3 is 1. The number of hydrogen-bond donors (Lipinski definition) is 2. The van der Waals surface area contributed by atoms with E-state index < -0.39 is 17.6 Å². The molecule has 0 amide bonds. The average Bonchev–Trinajstić information content (AvgIpc) is 3.12.